The highest BCUT2D eigenvalue weighted by Crippen LogP contribution is 2.20. The minimum atomic E-state index is 0.313. The van der Waals surface area contributed by atoms with Crippen molar-refractivity contribution in [3.8, 4) is 0 Å². The zero-order chi connectivity index (χ0) is 19.2. The summed E-state index contributed by atoms with van der Waals surface area (Å²) in [5.74, 6) is 0.977. The van der Waals surface area contributed by atoms with E-state index < -0.39 is 0 Å². The summed E-state index contributed by atoms with van der Waals surface area (Å²) in [6, 6.07) is 15.0. The number of hydrogen-bond acceptors (Lipinski definition) is 3. The molecule has 2 saturated heterocycles. The van der Waals surface area contributed by atoms with E-state index >= 15 is 0 Å². The number of ether oxygens (including phenoxy) is 2. The van der Waals surface area contributed by atoms with Crippen LogP contribution in [0.15, 0.2) is 47.5 Å². The molecule has 2 heterocycles. The number of guanidine groups is 1. The third-order valence-electron chi connectivity index (χ3n) is 5.81. The summed E-state index contributed by atoms with van der Waals surface area (Å²) in [5.41, 5.74) is 1.30. The van der Waals surface area contributed by atoms with Crippen molar-refractivity contribution >= 4 is 16.7 Å². The number of nitrogens with one attached hydrogen (secondary N) is 1. The van der Waals surface area contributed by atoms with Gasteiger partial charge < -0.3 is 19.7 Å². The largest absolute Gasteiger partial charge is 0.376 e. The molecular weight excluding hydrogens is 350 g/mol. The molecule has 0 amide bonds. The average Bonchev–Trinajstić information content (AvgIpc) is 3.27. The van der Waals surface area contributed by atoms with Crippen LogP contribution in [-0.4, -0.2) is 56.4 Å². The number of likely N-dealkylation sites (tertiary alicyclic amines) is 1. The molecule has 0 radical (unpaired) electrons. The number of benzene rings is 2. The average molecular weight is 382 g/mol. The number of fused-ring (bicyclic) bond motifs is 1. The fourth-order valence-corrected chi connectivity index (χ4v) is 4.21. The first kappa shape index (κ1) is 19.2. The summed E-state index contributed by atoms with van der Waals surface area (Å²) in [4.78, 5) is 6.86. The van der Waals surface area contributed by atoms with Gasteiger partial charge in [-0.1, -0.05) is 42.5 Å². The summed E-state index contributed by atoms with van der Waals surface area (Å²) in [6.45, 7) is 4.38. The SMILES string of the molecule is CN=C(NCc1cccc2ccccc12)N1CCC(OCC2CCCO2)CC1. The Morgan fingerprint density at radius 2 is 1.96 bits per heavy atom. The van der Waals surface area contributed by atoms with Gasteiger partial charge in [0.15, 0.2) is 5.96 Å². The molecule has 0 aromatic heterocycles. The lowest BCUT2D eigenvalue weighted by atomic mass is 10.0. The van der Waals surface area contributed by atoms with Crippen molar-refractivity contribution in [1.29, 1.82) is 0 Å². The summed E-state index contributed by atoms with van der Waals surface area (Å²) in [5, 5.41) is 6.13. The smallest absolute Gasteiger partial charge is 0.193 e. The molecule has 0 aliphatic carbocycles. The molecule has 1 unspecified atom stereocenters. The van der Waals surface area contributed by atoms with E-state index in [1.165, 1.54) is 22.8 Å². The number of nitrogens with zero attached hydrogens (tertiary/aromatic N) is 2. The zero-order valence-electron chi connectivity index (χ0n) is 16.8. The maximum atomic E-state index is 6.09. The molecule has 4 rings (SSSR count). The molecule has 2 aliphatic rings. The lowest BCUT2D eigenvalue weighted by Gasteiger charge is -2.34. The molecule has 2 aromatic carbocycles. The molecule has 1 N–H and O–H groups in total. The second-order valence-corrected chi connectivity index (χ2v) is 7.69. The van der Waals surface area contributed by atoms with E-state index in [0.29, 0.717) is 12.2 Å². The first-order valence-electron chi connectivity index (χ1n) is 10.5. The van der Waals surface area contributed by atoms with Crippen molar-refractivity contribution < 1.29 is 9.47 Å². The van der Waals surface area contributed by atoms with Gasteiger partial charge >= 0.3 is 0 Å². The van der Waals surface area contributed by atoms with Crippen LogP contribution in [0.25, 0.3) is 10.8 Å². The van der Waals surface area contributed by atoms with E-state index in [4.69, 9.17) is 9.47 Å². The van der Waals surface area contributed by atoms with Crippen molar-refractivity contribution in [2.24, 2.45) is 4.99 Å². The van der Waals surface area contributed by atoms with Crippen molar-refractivity contribution in [2.75, 3.05) is 33.4 Å². The van der Waals surface area contributed by atoms with Crippen LogP contribution in [0.2, 0.25) is 0 Å². The Bertz CT molecular complexity index is 788. The molecule has 1 atom stereocenters. The van der Waals surface area contributed by atoms with E-state index in [9.17, 15) is 0 Å². The van der Waals surface area contributed by atoms with E-state index in [1.54, 1.807) is 0 Å². The third kappa shape index (κ3) is 4.65. The quantitative estimate of drug-likeness (QED) is 0.635. The fourth-order valence-electron chi connectivity index (χ4n) is 4.21. The van der Waals surface area contributed by atoms with Gasteiger partial charge in [-0.2, -0.15) is 0 Å². The molecule has 28 heavy (non-hydrogen) atoms. The van der Waals surface area contributed by atoms with Crippen molar-refractivity contribution in [3.63, 3.8) is 0 Å². The minimum absolute atomic E-state index is 0.313. The van der Waals surface area contributed by atoms with Gasteiger partial charge in [0.05, 0.1) is 18.8 Å². The Morgan fingerprint density at radius 1 is 1.14 bits per heavy atom. The Labute approximate surface area is 167 Å². The second-order valence-electron chi connectivity index (χ2n) is 7.69. The van der Waals surface area contributed by atoms with Crippen molar-refractivity contribution in [1.82, 2.24) is 10.2 Å². The normalized spacial score (nSPS) is 21.4. The lowest BCUT2D eigenvalue weighted by Crippen LogP contribution is -2.47. The van der Waals surface area contributed by atoms with Crippen LogP contribution in [0.1, 0.15) is 31.2 Å². The first-order chi connectivity index (χ1) is 13.8. The molecule has 150 valence electrons. The van der Waals surface area contributed by atoms with E-state index in [1.807, 2.05) is 7.05 Å². The minimum Gasteiger partial charge on any atom is -0.376 e. The van der Waals surface area contributed by atoms with Crippen molar-refractivity contribution in [2.45, 2.75) is 44.4 Å². The molecule has 2 aliphatic heterocycles. The Hall–Kier alpha value is -2.11. The van der Waals surface area contributed by atoms with Crippen LogP contribution in [0.3, 0.4) is 0 Å². The van der Waals surface area contributed by atoms with E-state index in [-0.39, 0.29) is 0 Å². The topological polar surface area (TPSA) is 46.1 Å². The molecule has 0 spiro atoms. The van der Waals surface area contributed by atoms with Crippen LogP contribution in [0.5, 0.6) is 0 Å². The molecule has 5 heteroatoms. The Balaban J connectivity index is 1.28. The van der Waals surface area contributed by atoms with Gasteiger partial charge in [-0.3, -0.25) is 4.99 Å². The summed E-state index contributed by atoms with van der Waals surface area (Å²) >= 11 is 0. The van der Waals surface area contributed by atoms with Gasteiger partial charge in [-0.15, -0.1) is 0 Å². The highest BCUT2D eigenvalue weighted by Gasteiger charge is 2.24. The van der Waals surface area contributed by atoms with Gasteiger partial charge in [0.25, 0.3) is 0 Å². The summed E-state index contributed by atoms with van der Waals surface area (Å²) < 4.78 is 11.8. The van der Waals surface area contributed by atoms with Crippen LogP contribution in [0.4, 0.5) is 0 Å². The van der Waals surface area contributed by atoms with E-state index in [2.05, 4.69) is 57.7 Å². The van der Waals surface area contributed by atoms with Gasteiger partial charge in [0.2, 0.25) is 0 Å². The Kier molecular flexibility index (Phi) is 6.45. The standard InChI is InChI=1S/C23H31N3O2/c1-24-23(25-16-19-8-4-7-18-6-2-3-10-22(18)19)26-13-11-20(12-14-26)28-17-21-9-5-15-27-21/h2-4,6-8,10,20-21H,5,9,11-17H2,1H3,(H,24,25). The number of rotatable bonds is 5. The van der Waals surface area contributed by atoms with Crippen molar-refractivity contribution in [3.05, 3.63) is 48.0 Å². The van der Waals surface area contributed by atoms with Gasteiger partial charge in [0, 0.05) is 33.3 Å². The zero-order valence-corrected chi connectivity index (χ0v) is 16.8. The number of hydrogen-bond donors (Lipinski definition) is 1. The predicted molar refractivity (Wildman–Crippen MR) is 114 cm³/mol. The first-order valence-corrected chi connectivity index (χ1v) is 10.5. The monoisotopic (exact) mass is 381 g/mol. The van der Waals surface area contributed by atoms with Crippen LogP contribution < -0.4 is 5.32 Å². The van der Waals surface area contributed by atoms with Gasteiger partial charge in [0.1, 0.15) is 0 Å². The summed E-state index contributed by atoms with van der Waals surface area (Å²) in [6.07, 6.45) is 5.06. The third-order valence-corrected chi connectivity index (χ3v) is 5.81. The molecule has 0 bridgehead atoms. The van der Waals surface area contributed by atoms with E-state index in [0.717, 1.165) is 58.1 Å². The highest BCUT2D eigenvalue weighted by atomic mass is 16.5. The van der Waals surface area contributed by atoms with Crippen LogP contribution in [-0.2, 0) is 16.0 Å². The highest BCUT2D eigenvalue weighted by molar-refractivity contribution is 5.86. The lowest BCUT2D eigenvalue weighted by molar-refractivity contribution is -0.0367. The fraction of sp³-hybridized carbons (Fsp3) is 0.522. The number of piperidine rings is 1. The molecule has 0 saturated carbocycles. The molecule has 2 aromatic rings. The summed E-state index contributed by atoms with van der Waals surface area (Å²) in [7, 11) is 1.87. The number of aliphatic imine (C=N–C) groups is 1. The maximum absolute atomic E-state index is 6.09. The second kappa shape index (κ2) is 9.39. The maximum Gasteiger partial charge on any atom is 0.193 e. The van der Waals surface area contributed by atoms with Gasteiger partial charge in [-0.25, -0.2) is 0 Å². The van der Waals surface area contributed by atoms with Crippen LogP contribution >= 0.6 is 0 Å². The van der Waals surface area contributed by atoms with Gasteiger partial charge in [-0.05, 0) is 42.0 Å². The molecular formula is C23H31N3O2. The van der Waals surface area contributed by atoms with Crippen LogP contribution in [0, 0.1) is 0 Å². The predicted octanol–water partition coefficient (Wildman–Crippen LogP) is 3.58. The molecule has 5 nitrogen and oxygen atoms in total. The molecule has 2 fully saturated rings. The Morgan fingerprint density at radius 3 is 2.75 bits per heavy atom.